The van der Waals surface area contributed by atoms with Gasteiger partial charge in [-0.1, -0.05) is 41.7 Å². The normalized spacial score (nSPS) is 13.4. The van der Waals surface area contributed by atoms with Gasteiger partial charge in [0.15, 0.2) is 16.3 Å². The third-order valence-corrected chi connectivity index (χ3v) is 5.67. The average Bonchev–Trinajstić information content (AvgIpc) is 3.07. The van der Waals surface area contributed by atoms with E-state index in [9.17, 15) is 9.59 Å². The van der Waals surface area contributed by atoms with Crippen molar-refractivity contribution in [3.63, 3.8) is 0 Å². The lowest BCUT2D eigenvalue weighted by atomic mass is 10.1. The third-order valence-electron chi connectivity index (χ3n) is 4.63. The van der Waals surface area contributed by atoms with Crippen molar-refractivity contribution in [3.05, 3.63) is 52.8 Å². The molecule has 0 spiro atoms. The first-order chi connectivity index (χ1) is 14.6. The van der Waals surface area contributed by atoms with E-state index in [1.165, 1.54) is 11.3 Å². The van der Waals surface area contributed by atoms with E-state index in [4.69, 9.17) is 14.2 Å². The van der Waals surface area contributed by atoms with Crippen molar-refractivity contribution in [2.45, 2.75) is 26.3 Å². The second-order valence-corrected chi connectivity index (χ2v) is 7.74. The zero-order valence-electron chi connectivity index (χ0n) is 16.6. The minimum absolute atomic E-state index is 0.0295. The molecule has 1 aliphatic heterocycles. The highest BCUT2D eigenvalue weighted by atomic mass is 32.1. The molecule has 1 aliphatic rings. The molecule has 30 heavy (non-hydrogen) atoms. The number of aromatic nitrogens is 1. The molecule has 0 radical (unpaired) electrons. The molecule has 0 aliphatic carbocycles. The summed E-state index contributed by atoms with van der Waals surface area (Å²) in [5.74, 6) is 0.650. The summed E-state index contributed by atoms with van der Waals surface area (Å²) in [6.07, 6.45) is 0.905. The number of thiazole rings is 1. The average molecular weight is 426 g/mol. The van der Waals surface area contributed by atoms with Crippen LogP contribution in [-0.2, 0) is 27.3 Å². The second-order valence-electron chi connectivity index (χ2n) is 6.73. The van der Waals surface area contributed by atoms with Gasteiger partial charge >= 0.3 is 5.97 Å². The smallest absolute Gasteiger partial charge is 0.326 e. The summed E-state index contributed by atoms with van der Waals surface area (Å²) in [7, 11) is 0. The maximum atomic E-state index is 12.5. The van der Waals surface area contributed by atoms with Gasteiger partial charge in [-0.25, -0.2) is 0 Å². The Bertz CT molecular complexity index is 1130. The summed E-state index contributed by atoms with van der Waals surface area (Å²) in [5, 5.41) is 0. The second kappa shape index (κ2) is 9.13. The van der Waals surface area contributed by atoms with Crippen LogP contribution in [0.25, 0.3) is 10.2 Å². The Hall–Kier alpha value is -3.13. The van der Waals surface area contributed by atoms with Crippen LogP contribution >= 0.6 is 11.3 Å². The molecule has 0 fully saturated rings. The van der Waals surface area contributed by atoms with E-state index in [0.29, 0.717) is 42.4 Å². The van der Waals surface area contributed by atoms with Gasteiger partial charge in [-0.3, -0.25) is 9.59 Å². The summed E-state index contributed by atoms with van der Waals surface area (Å²) < 4.78 is 19.0. The van der Waals surface area contributed by atoms with Crippen LogP contribution in [-0.4, -0.2) is 36.3 Å². The number of aryl methyl sites for hydroxylation is 1. The first-order valence-corrected chi connectivity index (χ1v) is 10.7. The maximum absolute atomic E-state index is 12.5. The van der Waals surface area contributed by atoms with Crippen LogP contribution in [0.5, 0.6) is 11.5 Å². The van der Waals surface area contributed by atoms with Gasteiger partial charge in [0.25, 0.3) is 0 Å². The van der Waals surface area contributed by atoms with Crippen molar-refractivity contribution in [2.24, 2.45) is 4.99 Å². The molecule has 0 unspecified atom stereocenters. The minimum Gasteiger partial charge on any atom is -0.486 e. The number of esters is 1. The van der Waals surface area contributed by atoms with E-state index in [-0.39, 0.29) is 25.0 Å². The van der Waals surface area contributed by atoms with Gasteiger partial charge in [-0.15, -0.1) is 0 Å². The van der Waals surface area contributed by atoms with Gasteiger partial charge in [0, 0.05) is 18.6 Å². The summed E-state index contributed by atoms with van der Waals surface area (Å²) in [6, 6.07) is 13.5. The van der Waals surface area contributed by atoms with Gasteiger partial charge in [0.2, 0.25) is 5.91 Å². The lowest BCUT2D eigenvalue weighted by Gasteiger charge is -2.18. The van der Waals surface area contributed by atoms with Gasteiger partial charge < -0.3 is 18.8 Å². The van der Waals surface area contributed by atoms with Crippen molar-refractivity contribution in [2.75, 3.05) is 19.8 Å². The number of fused-ring (bicyclic) bond motifs is 2. The Morgan fingerprint density at radius 1 is 1.13 bits per heavy atom. The van der Waals surface area contributed by atoms with E-state index in [2.05, 4.69) is 4.99 Å². The van der Waals surface area contributed by atoms with E-state index < -0.39 is 0 Å². The molecule has 8 heteroatoms. The van der Waals surface area contributed by atoms with Crippen molar-refractivity contribution in [3.8, 4) is 11.5 Å². The molecule has 1 amide bonds. The highest BCUT2D eigenvalue weighted by molar-refractivity contribution is 7.16. The van der Waals surface area contributed by atoms with Crippen LogP contribution in [0.15, 0.2) is 47.5 Å². The molecule has 2 aromatic carbocycles. The minimum atomic E-state index is -0.384. The van der Waals surface area contributed by atoms with Crippen LogP contribution in [0.4, 0.5) is 0 Å². The summed E-state index contributed by atoms with van der Waals surface area (Å²) >= 11 is 1.34. The number of amides is 1. The van der Waals surface area contributed by atoms with Crippen LogP contribution in [0, 0.1) is 0 Å². The molecule has 0 saturated heterocycles. The number of rotatable bonds is 6. The molecule has 1 aromatic heterocycles. The number of nitrogens with zero attached hydrogens (tertiary/aromatic N) is 2. The van der Waals surface area contributed by atoms with E-state index >= 15 is 0 Å². The zero-order chi connectivity index (χ0) is 20.9. The van der Waals surface area contributed by atoms with Crippen molar-refractivity contribution >= 4 is 33.4 Å². The molecule has 0 atom stereocenters. The summed E-state index contributed by atoms with van der Waals surface area (Å²) in [5.41, 5.74) is 1.84. The number of hydrogen-bond acceptors (Lipinski definition) is 6. The topological polar surface area (TPSA) is 79.1 Å². The molecule has 4 rings (SSSR count). The number of carbonyl (C=O) groups excluding carboxylic acids is 2. The highest BCUT2D eigenvalue weighted by Gasteiger charge is 2.18. The summed E-state index contributed by atoms with van der Waals surface area (Å²) in [6.45, 7) is 2.97. The lowest BCUT2D eigenvalue weighted by molar-refractivity contribution is -0.143. The Kier molecular flexibility index (Phi) is 6.13. The molecule has 7 nitrogen and oxygen atoms in total. The molecule has 0 bridgehead atoms. The first-order valence-electron chi connectivity index (χ1n) is 9.84. The van der Waals surface area contributed by atoms with Crippen LogP contribution in [0.1, 0.15) is 18.9 Å². The summed E-state index contributed by atoms with van der Waals surface area (Å²) in [4.78, 5) is 29.5. The third kappa shape index (κ3) is 4.54. The number of carbonyl (C=O) groups is 2. The van der Waals surface area contributed by atoms with Crippen LogP contribution < -0.4 is 14.3 Å². The van der Waals surface area contributed by atoms with E-state index in [1.54, 1.807) is 11.5 Å². The Morgan fingerprint density at radius 2 is 1.87 bits per heavy atom. The first kappa shape index (κ1) is 20.2. The Labute approximate surface area is 177 Å². The fourth-order valence-electron chi connectivity index (χ4n) is 3.24. The number of ether oxygens (including phenoxy) is 3. The highest BCUT2D eigenvalue weighted by Crippen LogP contribution is 2.35. The van der Waals surface area contributed by atoms with Crippen molar-refractivity contribution in [1.82, 2.24) is 4.57 Å². The van der Waals surface area contributed by atoms with Crippen molar-refractivity contribution in [1.29, 1.82) is 0 Å². The van der Waals surface area contributed by atoms with Crippen LogP contribution in [0.2, 0.25) is 0 Å². The van der Waals surface area contributed by atoms with Gasteiger partial charge in [0.1, 0.15) is 19.8 Å². The van der Waals surface area contributed by atoms with Crippen LogP contribution in [0.3, 0.4) is 0 Å². The lowest BCUT2D eigenvalue weighted by Crippen LogP contribution is -2.23. The zero-order valence-corrected chi connectivity index (χ0v) is 17.4. The SMILES string of the molecule is CCOC(=O)Cn1c(=NC(=O)CCc2ccccc2)sc2cc3c(cc21)OCCO3. The molecule has 156 valence electrons. The Balaban J connectivity index is 1.68. The van der Waals surface area contributed by atoms with E-state index in [1.807, 2.05) is 42.5 Å². The molecule has 0 N–H and O–H groups in total. The number of benzene rings is 2. The number of hydrogen-bond donors (Lipinski definition) is 0. The Morgan fingerprint density at radius 3 is 2.60 bits per heavy atom. The van der Waals surface area contributed by atoms with Gasteiger partial charge in [-0.05, 0) is 18.9 Å². The largest absolute Gasteiger partial charge is 0.486 e. The predicted octanol–water partition coefficient (Wildman–Crippen LogP) is 3.10. The van der Waals surface area contributed by atoms with Gasteiger partial charge in [0.05, 0.1) is 16.8 Å². The molecule has 2 heterocycles. The quantitative estimate of drug-likeness (QED) is 0.566. The van der Waals surface area contributed by atoms with E-state index in [0.717, 1.165) is 15.8 Å². The molecule has 0 saturated carbocycles. The fraction of sp³-hybridized carbons (Fsp3) is 0.318. The molecular formula is C22H22N2O5S. The monoisotopic (exact) mass is 426 g/mol. The standard InChI is InChI=1S/C22H22N2O5S/c1-2-27-21(26)14-24-16-12-17-18(29-11-10-28-17)13-19(16)30-22(24)23-20(25)9-8-15-6-4-3-5-7-15/h3-7,12-13H,2,8-11,14H2,1H3. The van der Waals surface area contributed by atoms with Gasteiger partial charge in [-0.2, -0.15) is 4.99 Å². The molecule has 3 aromatic rings. The predicted molar refractivity (Wildman–Crippen MR) is 113 cm³/mol. The maximum Gasteiger partial charge on any atom is 0.326 e. The van der Waals surface area contributed by atoms with Crippen molar-refractivity contribution < 1.29 is 23.8 Å². The molecular weight excluding hydrogens is 404 g/mol. The fourth-order valence-corrected chi connectivity index (χ4v) is 4.30.